The van der Waals surface area contributed by atoms with Crippen molar-refractivity contribution in [2.75, 3.05) is 7.11 Å². The Kier molecular flexibility index (Phi) is 2.72. The first-order chi connectivity index (χ1) is 7.35. The van der Waals surface area contributed by atoms with Gasteiger partial charge in [0.05, 0.1) is 12.8 Å². The van der Waals surface area contributed by atoms with Crippen LogP contribution >= 0.6 is 0 Å². The van der Waals surface area contributed by atoms with Crippen molar-refractivity contribution in [2.45, 2.75) is 13.3 Å². The number of aromatic nitrogens is 2. The van der Waals surface area contributed by atoms with E-state index in [2.05, 4.69) is 18.1 Å². The highest BCUT2D eigenvalue weighted by atomic mass is 16.5. The summed E-state index contributed by atoms with van der Waals surface area (Å²) >= 11 is 0. The number of benzene rings is 1. The number of methoxy groups -OCH3 is 1. The van der Waals surface area contributed by atoms with Gasteiger partial charge >= 0.3 is 0 Å². The van der Waals surface area contributed by atoms with E-state index in [0.29, 0.717) is 0 Å². The Hall–Kier alpha value is -1.77. The molecular weight excluding hydrogens is 188 g/mol. The third kappa shape index (κ3) is 1.86. The highest BCUT2D eigenvalue weighted by Gasteiger charge is 2.03. The normalized spacial score (nSPS) is 10.3. The van der Waals surface area contributed by atoms with Crippen LogP contribution in [-0.2, 0) is 6.42 Å². The van der Waals surface area contributed by atoms with Crippen LogP contribution in [0, 0.1) is 6.20 Å². The van der Waals surface area contributed by atoms with E-state index in [1.54, 1.807) is 7.11 Å². The van der Waals surface area contributed by atoms with Gasteiger partial charge in [-0.2, -0.15) is 0 Å². The molecule has 0 fully saturated rings. The maximum absolute atomic E-state index is 5.18. The summed E-state index contributed by atoms with van der Waals surface area (Å²) in [7, 11) is 1.67. The zero-order valence-corrected chi connectivity index (χ0v) is 8.90. The quantitative estimate of drug-likeness (QED) is 0.761. The molecule has 0 N–H and O–H groups in total. The molecule has 0 unspecified atom stereocenters. The number of aryl methyl sites for hydroxylation is 1. The van der Waals surface area contributed by atoms with E-state index in [1.807, 2.05) is 35.0 Å². The minimum Gasteiger partial charge on any atom is -0.497 e. The molecule has 2 rings (SSSR count). The van der Waals surface area contributed by atoms with E-state index in [1.165, 1.54) is 0 Å². The van der Waals surface area contributed by atoms with Crippen molar-refractivity contribution < 1.29 is 4.74 Å². The molecule has 77 valence electrons. The van der Waals surface area contributed by atoms with Crippen molar-refractivity contribution in [2.24, 2.45) is 0 Å². The molecule has 0 aliphatic carbocycles. The lowest BCUT2D eigenvalue weighted by molar-refractivity contribution is 0.414. The summed E-state index contributed by atoms with van der Waals surface area (Å²) in [6.07, 6.45) is 5.59. The standard InChI is InChI=1S/C12H13N2O/c1-3-12-13-7-8-14(12)10-5-4-6-11(9-10)15-2/h4-6,8-9H,3H2,1-2H3. The van der Waals surface area contributed by atoms with E-state index in [4.69, 9.17) is 4.74 Å². The first kappa shape index (κ1) is 9.77. The third-order valence-electron chi connectivity index (χ3n) is 2.31. The molecule has 1 radical (unpaired) electrons. The van der Waals surface area contributed by atoms with Crippen LogP contribution < -0.4 is 4.74 Å². The molecule has 0 aliphatic rings. The van der Waals surface area contributed by atoms with Crippen LogP contribution in [0.2, 0.25) is 0 Å². The highest BCUT2D eigenvalue weighted by Crippen LogP contribution is 2.17. The number of nitrogens with zero attached hydrogens (tertiary/aromatic N) is 2. The van der Waals surface area contributed by atoms with Crippen LogP contribution in [-0.4, -0.2) is 16.7 Å². The minimum atomic E-state index is 0.850. The molecule has 1 heterocycles. The average Bonchev–Trinajstić information content (AvgIpc) is 2.77. The molecule has 0 bridgehead atoms. The van der Waals surface area contributed by atoms with Crippen molar-refractivity contribution in [3.63, 3.8) is 0 Å². The Bertz CT molecular complexity index is 448. The summed E-state index contributed by atoms with van der Waals surface area (Å²) in [6, 6.07) is 7.90. The summed E-state index contributed by atoms with van der Waals surface area (Å²) in [5, 5.41) is 0. The van der Waals surface area contributed by atoms with Gasteiger partial charge in [-0.25, -0.2) is 4.98 Å². The van der Waals surface area contributed by atoms with Gasteiger partial charge < -0.3 is 9.30 Å². The fourth-order valence-electron chi connectivity index (χ4n) is 1.52. The molecule has 15 heavy (non-hydrogen) atoms. The lowest BCUT2D eigenvalue weighted by Gasteiger charge is -2.07. The second-order valence-corrected chi connectivity index (χ2v) is 3.21. The fraction of sp³-hybridized carbons (Fsp3) is 0.250. The van der Waals surface area contributed by atoms with Gasteiger partial charge in [0.15, 0.2) is 0 Å². The molecular formula is C12H13N2O. The molecule has 1 aromatic carbocycles. The minimum absolute atomic E-state index is 0.850. The fourth-order valence-corrected chi connectivity index (χ4v) is 1.52. The first-order valence-electron chi connectivity index (χ1n) is 4.94. The Morgan fingerprint density at radius 1 is 1.47 bits per heavy atom. The van der Waals surface area contributed by atoms with Gasteiger partial charge in [0.2, 0.25) is 0 Å². The Balaban J connectivity index is 2.44. The zero-order chi connectivity index (χ0) is 10.7. The molecule has 0 spiro atoms. The van der Waals surface area contributed by atoms with E-state index >= 15 is 0 Å². The number of hydrogen-bond acceptors (Lipinski definition) is 2. The van der Waals surface area contributed by atoms with E-state index < -0.39 is 0 Å². The molecule has 0 atom stereocenters. The number of ether oxygens (including phenoxy) is 1. The lowest BCUT2D eigenvalue weighted by atomic mass is 10.3. The number of rotatable bonds is 3. The summed E-state index contributed by atoms with van der Waals surface area (Å²) in [4.78, 5) is 4.16. The molecule has 3 heteroatoms. The Morgan fingerprint density at radius 2 is 2.33 bits per heavy atom. The second-order valence-electron chi connectivity index (χ2n) is 3.21. The van der Waals surface area contributed by atoms with Crippen LogP contribution in [0.4, 0.5) is 0 Å². The first-order valence-corrected chi connectivity index (χ1v) is 4.94. The third-order valence-corrected chi connectivity index (χ3v) is 2.31. The van der Waals surface area contributed by atoms with Gasteiger partial charge in [0.1, 0.15) is 17.8 Å². The Morgan fingerprint density at radius 3 is 3.07 bits per heavy atom. The number of hydrogen-bond donors (Lipinski definition) is 0. The largest absolute Gasteiger partial charge is 0.497 e. The van der Waals surface area contributed by atoms with Crippen LogP contribution in [0.3, 0.4) is 0 Å². The summed E-state index contributed by atoms with van der Waals surface area (Å²) in [6.45, 7) is 2.08. The summed E-state index contributed by atoms with van der Waals surface area (Å²) in [5.74, 6) is 1.85. The van der Waals surface area contributed by atoms with Crippen molar-refractivity contribution in [3.8, 4) is 11.4 Å². The van der Waals surface area contributed by atoms with Gasteiger partial charge in [-0.05, 0) is 12.1 Å². The molecule has 1 aromatic heterocycles. The molecule has 0 saturated carbocycles. The molecule has 0 amide bonds. The van der Waals surface area contributed by atoms with Gasteiger partial charge in [0.25, 0.3) is 0 Å². The zero-order valence-electron chi connectivity index (χ0n) is 8.90. The average molecular weight is 201 g/mol. The topological polar surface area (TPSA) is 27.1 Å². The van der Waals surface area contributed by atoms with Crippen molar-refractivity contribution >= 4 is 0 Å². The molecule has 0 aliphatic heterocycles. The van der Waals surface area contributed by atoms with Crippen molar-refractivity contribution in [3.05, 3.63) is 42.5 Å². The van der Waals surface area contributed by atoms with Crippen molar-refractivity contribution in [1.29, 1.82) is 0 Å². The SMILES string of the molecule is CCc1n[c]cn1-c1cccc(OC)c1. The highest BCUT2D eigenvalue weighted by molar-refractivity contribution is 5.40. The van der Waals surface area contributed by atoms with Gasteiger partial charge in [-0.3, -0.25) is 0 Å². The van der Waals surface area contributed by atoms with Crippen LogP contribution in [0.15, 0.2) is 30.5 Å². The van der Waals surface area contributed by atoms with Gasteiger partial charge in [-0.15, -0.1) is 0 Å². The predicted molar refractivity (Wildman–Crippen MR) is 58.3 cm³/mol. The van der Waals surface area contributed by atoms with Gasteiger partial charge in [0, 0.05) is 18.7 Å². The monoisotopic (exact) mass is 201 g/mol. The lowest BCUT2D eigenvalue weighted by Crippen LogP contribution is -1.99. The van der Waals surface area contributed by atoms with E-state index in [-0.39, 0.29) is 0 Å². The summed E-state index contributed by atoms with van der Waals surface area (Å²) < 4.78 is 7.20. The molecule has 3 nitrogen and oxygen atoms in total. The van der Waals surface area contributed by atoms with Crippen molar-refractivity contribution in [1.82, 2.24) is 9.55 Å². The maximum Gasteiger partial charge on any atom is 0.120 e. The van der Waals surface area contributed by atoms with Crippen LogP contribution in [0.25, 0.3) is 5.69 Å². The Labute approximate surface area is 89.3 Å². The van der Waals surface area contributed by atoms with Gasteiger partial charge in [-0.1, -0.05) is 13.0 Å². The van der Waals surface area contributed by atoms with E-state index in [0.717, 1.165) is 23.7 Å². The molecule has 2 aromatic rings. The predicted octanol–water partition coefficient (Wildman–Crippen LogP) is 2.24. The molecule has 0 saturated heterocycles. The number of imidazole rings is 1. The van der Waals surface area contributed by atoms with E-state index in [9.17, 15) is 0 Å². The second kappa shape index (κ2) is 4.17. The maximum atomic E-state index is 5.18. The smallest absolute Gasteiger partial charge is 0.120 e. The summed E-state index contributed by atoms with van der Waals surface area (Å²) in [5.41, 5.74) is 1.06. The van der Waals surface area contributed by atoms with Crippen LogP contribution in [0.5, 0.6) is 5.75 Å². The van der Waals surface area contributed by atoms with Crippen LogP contribution in [0.1, 0.15) is 12.7 Å².